The fraction of sp³-hybridized carbons (Fsp3) is 0.263. The predicted octanol–water partition coefficient (Wildman–Crippen LogP) is 4.58. The smallest absolute Gasteiger partial charge is 0.423 e. The Kier molecular flexibility index (Phi) is 6.16. The molecule has 0 spiro atoms. The van der Waals surface area contributed by atoms with Gasteiger partial charge in [0, 0.05) is 17.0 Å². The van der Waals surface area contributed by atoms with Crippen LogP contribution in [0.1, 0.15) is 25.1 Å². The molecule has 0 aromatic carbocycles. The lowest BCUT2D eigenvalue weighted by atomic mass is 9.80. The molecule has 2 aromatic heterocycles. The molecule has 0 bridgehead atoms. The largest absolute Gasteiger partial charge is 0.487 e. The van der Waals surface area contributed by atoms with Gasteiger partial charge >= 0.3 is 7.12 Å². The average molecular weight is 402 g/mol. The fourth-order valence-electron chi connectivity index (χ4n) is 2.86. The monoisotopic (exact) mass is 401 g/mol. The highest BCUT2D eigenvalue weighted by atomic mass is 35.5. The van der Waals surface area contributed by atoms with Crippen molar-refractivity contribution in [2.75, 3.05) is 11.9 Å². The van der Waals surface area contributed by atoms with E-state index in [1.165, 1.54) is 11.3 Å². The molecule has 5 nitrogen and oxygen atoms in total. The Labute approximate surface area is 168 Å². The maximum Gasteiger partial charge on any atom is 0.487 e. The number of hydrogen-bond acceptors (Lipinski definition) is 6. The van der Waals surface area contributed by atoms with Gasteiger partial charge < -0.3 is 15.0 Å². The molecule has 0 atom stereocenters. The third kappa shape index (κ3) is 4.33. The summed E-state index contributed by atoms with van der Waals surface area (Å²) < 4.78 is 5.96. The summed E-state index contributed by atoms with van der Waals surface area (Å²) in [6.45, 7) is 10.2. The van der Waals surface area contributed by atoms with Crippen LogP contribution in [0.5, 0.6) is 0 Å². The zero-order valence-corrected chi connectivity index (χ0v) is 17.1. The standard InChI is InChI=1S/C19H21BClN3O2S/c1-5-14(9-13-10-26-20(25)11(13)3)23-18-15(6-2)12(4)22-19(24-18)16-7-8-17(21)27-16/h5,7-9,25H,1,6,10H2,2-4H3,(H,22,23,24)/b14-9+. The summed E-state index contributed by atoms with van der Waals surface area (Å²) in [5.74, 6) is 1.39. The van der Waals surface area contributed by atoms with Crippen LogP contribution >= 0.6 is 22.9 Å². The third-order valence-electron chi connectivity index (χ3n) is 4.45. The highest BCUT2D eigenvalue weighted by Crippen LogP contribution is 2.31. The van der Waals surface area contributed by atoms with Gasteiger partial charge in [0.15, 0.2) is 5.82 Å². The molecule has 2 aromatic rings. The molecule has 2 N–H and O–H groups in total. The molecule has 140 valence electrons. The summed E-state index contributed by atoms with van der Waals surface area (Å²) in [5.41, 5.74) is 4.49. The molecule has 27 heavy (non-hydrogen) atoms. The minimum absolute atomic E-state index is 0.369. The molecule has 0 unspecified atom stereocenters. The summed E-state index contributed by atoms with van der Waals surface area (Å²) in [7, 11) is -0.843. The minimum Gasteiger partial charge on any atom is -0.423 e. The maximum atomic E-state index is 9.74. The Hall–Kier alpha value is -1.93. The lowest BCUT2D eigenvalue weighted by molar-refractivity contribution is 0.310. The Balaban J connectivity index is 1.99. The van der Waals surface area contributed by atoms with Crippen LogP contribution in [0.2, 0.25) is 4.34 Å². The van der Waals surface area contributed by atoms with Crippen LogP contribution in [-0.2, 0) is 11.1 Å². The Morgan fingerprint density at radius 1 is 1.44 bits per heavy atom. The lowest BCUT2D eigenvalue weighted by Gasteiger charge is -2.14. The van der Waals surface area contributed by atoms with Crippen molar-refractivity contribution in [3.8, 4) is 10.7 Å². The van der Waals surface area contributed by atoms with Crippen molar-refractivity contribution in [2.45, 2.75) is 27.2 Å². The topological polar surface area (TPSA) is 67.3 Å². The van der Waals surface area contributed by atoms with Gasteiger partial charge in [-0.1, -0.05) is 25.1 Å². The minimum atomic E-state index is -0.843. The number of thiophene rings is 1. The first-order valence-electron chi connectivity index (χ1n) is 8.66. The van der Waals surface area contributed by atoms with E-state index < -0.39 is 7.12 Å². The van der Waals surface area contributed by atoms with Crippen molar-refractivity contribution in [1.29, 1.82) is 0 Å². The maximum absolute atomic E-state index is 9.74. The first-order chi connectivity index (χ1) is 12.9. The first kappa shape index (κ1) is 19.8. The third-order valence-corrected chi connectivity index (χ3v) is 5.67. The van der Waals surface area contributed by atoms with Crippen molar-refractivity contribution in [3.05, 3.63) is 63.2 Å². The number of aromatic nitrogens is 2. The second-order valence-electron chi connectivity index (χ2n) is 6.22. The van der Waals surface area contributed by atoms with Gasteiger partial charge in [0.1, 0.15) is 5.82 Å². The summed E-state index contributed by atoms with van der Waals surface area (Å²) >= 11 is 7.51. The van der Waals surface area contributed by atoms with Gasteiger partial charge in [0.2, 0.25) is 0 Å². The Bertz CT molecular complexity index is 939. The number of allylic oxidation sites excluding steroid dienone is 2. The Morgan fingerprint density at radius 2 is 2.22 bits per heavy atom. The van der Waals surface area contributed by atoms with Crippen molar-refractivity contribution in [2.24, 2.45) is 0 Å². The Morgan fingerprint density at radius 3 is 2.78 bits per heavy atom. The number of halogens is 1. The van der Waals surface area contributed by atoms with E-state index in [0.29, 0.717) is 16.8 Å². The first-order valence-corrected chi connectivity index (χ1v) is 9.86. The molecule has 0 radical (unpaired) electrons. The summed E-state index contributed by atoms with van der Waals surface area (Å²) in [4.78, 5) is 10.3. The number of aryl methyl sites for hydroxylation is 1. The number of anilines is 1. The van der Waals surface area contributed by atoms with Crippen LogP contribution in [0, 0.1) is 6.92 Å². The molecule has 0 saturated carbocycles. The molecule has 3 heterocycles. The van der Waals surface area contributed by atoms with Crippen LogP contribution < -0.4 is 5.32 Å². The molecule has 8 heteroatoms. The number of nitrogens with one attached hydrogen (secondary N) is 1. The molecule has 0 saturated heterocycles. The summed E-state index contributed by atoms with van der Waals surface area (Å²) in [5, 5.41) is 13.1. The van der Waals surface area contributed by atoms with Crippen LogP contribution in [0.3, 0.4) is 0 Å². The highest BCUT2D eigenvalue weighted by Gasteiger charge is 2.25. The summed E-state index contributed by atoms with van der Waals surface area (Å²) in [6, 6.07) is 3.77. The zero-order valence-electron chi connectivity index (χ0n) is 15.5. The normalized spacial score (nSPS) is 14.9. The van der Waals surface area contributed by atoms with E-state index in [1.54, 1.807) is 6.08 Å². The number of hydrogen-bond donors (Lipinski definition) is 2. The quantitative estimate of drug-likeness (QED) is 0.548. The van der Waals surface area contributed by atoms with Crippen molar-refractivity contribution < 1.29 is 9.68 Å². The molecule has 1 aliphatic rings. The molecular weight excluding hydrogens is 381 g/mol. The molecular formula is C19H21BClN3O2S. The van der Waals surface area contributed by atoms with Crippen molar-refractivity contribution >= 4 is 35.9 Å². The van der Waals surface area contributed by atoms with E-state index in [4.69, 9.17) is 21.2 Å². The molecule has 0 amide bonds. The van der Waals surface area contributed by atoms with Crippen molar-refractivity contribution in [1.82, 2.24) is 9.97 Å². The second-order valence-corrected chi connectivity index (χ2v) is 7.93. The second kappa shape index (κ2) is 8.40. The van der Waals surface area contributed by atoms with Gasteiger partial charge in [-0.05, 0) is 55.6 Å². The van der Waals surface area contributed by atoms with E-state index in [0.717, 1.165) is 45.1 Å². The number of rotatable bonds is 6. The van der Waals surface area contributed by atoms with E-state index in [2.05, 4.69) is 23.8 Å². The molecule has 0 fully saturated rings. The SMILES string of the molecule is C=C/C(=C\C1=C(C)B(O)OC1)Nc1nc(-c2ccc(Cl)s2)nc(C)c1CC. The van der Waals surface area contributed by atoms with Gasteiger partial charge in [-0.15, -0.1) is 11.3 Å². The van der Waals surface area contributed by atoms with E-state index in [9.17, 15) is 5.02 Å². The van der Waals surface area contributed by atoms with Crippen LogP contribution in [0.15, 0.2) is 47.6 Å². The van der Waals surface area contributed by atoms with Crippen molar-refractivity contribution in [3.63, 3.8) is 0 Å². The van der Waals surface area contributed by atoms with E-state index in [-0.39, 0.29) is 0 Å². The zero-order chi connectivity index (χ0) is 19.6. The van der Waals surface area contributed by atoms with Gasteiger partial charge in [-0.3, -0.25) is 0 Å². The predicted molar refractivity (Wildman–Crippen MR) is 113 cm³/mol. The van der Waals surface area contributed by atoms with E-state index in [1.807, 2.05) is 32.1 Å². The van der Waals surface area contributed by atoms with Gasteiger partial charge in [0.25, 0.3) is 0 Å². The van der Waals surface area contributed by atoms with Gasteiger partial charge in [-0.2, -0.15) is 0 Å². The molecule has 1 aliphatic heterocycles. The highest BCUT2D eigenvalue weighted by molar-refractivity contribution is 7.19. The van der Waals surface area contributed by atoms with Crippen LogP contribution in [0.25, 0.3) is 10.7 Å². The lowest BCUT2D eigenvalue weighted by Crippen LogP contribution is -2.12. The average Bonchev–Trinajstić information content (AvgIpc) is 3.21. The molecule has 3 rings (SSSR count). The van der Waals surface area contributed by atoms with Crippen LogP contribution in [-0.4, -0.2) is 28.7 Å². The van der Waals surface area contributed by atoms with Gasteiger partial charge in [-0.25, -0.2) is 9.97 Å². The fourth-order valence-corrected chi connectivity index (χ4v) is 3.84. The van der Waals surface area contributed by atoms with E-state index >= 15 is 0 Å². The molecule has 0 aliphatic carbocycles. The summed E-state index contributed by atoms with van der Waals surface area (Å²) in [6.07, 6.45) is 4.45. The van der Waals surface area contributed by atoms with Gasteiger partial charge in [0.05, 0.1) is 15.8 Å². The van der Waals surface area contributed by atoms with Crippen LogP contribution in [0.4, 0.5) is 5.82 Å². The number of nitrogens with zero attached hydrogens (tertiary/aromatic N) is 2.